The molecule has 0 saturated heterocycles. The van der Waals surface area contributed by atoms with Gasteiger partial charge in [0.2, 0.25) is 21.8 Å². The number of nitro benzene ring substituents is 1. The summed E-state index contributed by atoms with van der Waals surface area (Å²) >= 11 is 0. The van der Waals surface area contributed by atoms with Crippen LogP contribution in [0.4, 0.5) is 11.4 Å². The number of carbonyl (C=O) groups excluding carboxylic acids is 2. The third kappa shape index (κ3) is 7.25. The molecule has 0 aliphatic rings. The lowest BCUT2D eigenvalue weighted by atomic mass is 10.1. The summed E-state index contributed by atoms with van der Waals surface area (Å²) in [6, 6.07) is 10.5. The van der Waals surface area contributed by atoms with Crippen LogP contribution in [-0.4, -0.2) is 55.4 Å². The van der Waals surface area contributed by atoms with Crippen LogP contribution >= 0.6 is 0 Å². The third-order valence-electron chi connectivity index (χ3n) is 5.52. The van der Waals surface area contributed by atoms with Crippen molar-refractivity contribution in [2.24, 2.45) is 0 Å². The fourth-order valence-electron chi connectivity index (χ4n) is 3.79. The van der Waals surface area contributed by atoms with Gasteiger partial charge in [-0.2, -0.15) is 0 Å². The number of hydrogen-bond donors (Lipinski definition) is 1. The Labute approximate surface area is 206 Å². The van der Waals surface area contributed by atoms with Crippen molar-refractivity contribution in [3.63, 3.8) is 0 Å². The van der Waals surface area contributed by atoms with E-state index >= 15 is 0 Å². The molecule has 0 unspecified atom stereocenters. The number of benzene rings is 2. The molecule has 2 rings (SSSR count). The highest BCUT2D eigenvalue weighted by molar-refractivity contribution is 7.92. The topological polar surface area (TPSA) is 130 Å². The van der Waals surface area contributed by atoms with Gasteiger partial charge in [0.1, 0.15) is 12.6 Å². The molecule has 0 radical (unpaired) electrons. The minimum absolute atomic E-state index is 0.0385. The number of nitro groups is 1. The first-order chi connectivity index (χ1) is 16.4. The Kier molecular flexibility index (Phi) is 9.35. The summed E-state index contributed by atoms with van der Waals surface area (Å²) in [7, 11) is -3.99. The summed E-state index contributed by atoms with van der Waals surface area (Å²) in [4.78, 5) is 38.4. The fourth-order valence-corrected chi connectivity index (χ4v) is 4.69. The SMILES string of the molecule is CCNC(=O)[C@@H](CC)N(Cc1cccc(C)c1)C(=O)CN(c1cc([N+](=O)[O-])ccc1C)S(C)(=O)=O. The molecule has 0 fully saturated rings. The zero-order valence-electron chi connectivity index (χ0n) is 20.6. The number of non-ortho nitro benzene ring substituents is 1. The average Bonchev–Trinajstić information content (AvgIpc) is 2.77. The first-order valence-corrected chi connectivity index (χ1v) is 13.1. The van der Waals surface area contributed by atoms with Gasteiger partial charge in [-0.25, -0.2) is 8.42 Å². The summed E-state index contributed by atoms with van der Waals surface area (Å²) in [5, 5.41) is 14.0. The van der Waals surface area contributed by atoms with Crippen molar-refractivity contribution in [2.75, 3.05) is 23.7 Å². The standard InChI is InChI=1S/C24H32N4O6S/c1-6-21(24(30)25-7-2)26(15-19-10-8-9-17(3)13-19)23(29)16-27(35(5,33)34)22-14-20(28(31)32)12-11-18(22)4/h8-14,21H,6-7,15-16H2,1-5H3,(H,25,30)/t21-/m1/s1. The molecular formula is C24H32N4O6S. The van der Waals surface area contributed by atoms with Gasteiger partial charge in [-0.3, -0.25) is 24.0 Å². The van der Waals surface area contributed by atoms with Crippen LogP contribution < -0.4 is 9.62 Å². The van der Waals surface area contributed by atoms with Crippen molar-refractivity contribution < 1.29 is 22.9 Å². The molecule has 2 aromatic carbocycles. The normalized spacial score (nSPS) is 12.0. The molecule has 10 nitrogen and oxygen atoms in total. The maximum Gasteiger partial charge on any atom is 0.271 e. The maximum atomic E-state index is 13.6. The molecule has 0 saturated carbocycles. The van der Waals surface area contributed by atoms with E-state index in [-0.39, 0.29) is 23.8 Å². The van der Waals surface area contributed by atoms with E-state index in [1.165, 1.54) is 17.0 Å². The quantitative estimate of drug-likeness (QED) is 0.370. The number of amides is 2. The highest BCUT2D eigenvalue weighted by Gasteiger charge is 2.32. The van der Waals surface area contributed by atoms with E-state index in [0.29, 0.717) is 18.5 Å². The molecule has 2 amide bonds. The lowest BCUT2D eigenvalue weighted by Gasteiger charge is -2.33. The van der Waals surface area contributed by atoms with Crippen molar-refractivity contribution in [1.82, 2.24) is 10.2 Å². The second-order valence-electron chi connectivity index (χ2n) is 8.33. The zero-order valence-corrected chi connectivity index (χ0v) is 21.5. The fraction of sp³-hybridized carbons (Fsp3) is 0.417. The molecule has 2 aromatic rings. The number of nitrogens with one attached hydrogen (secondary N) is 1. The molecule has 0 spiro atoms. The van der Waals surface area contributed by atoms with E-state index in [4.69, 9.17) is 0 Å². The van der Waals surface area contributed by atoms with Crippen LogP contribution in [0.2, 0.25) is 0 Å². The lowest BCUT2D eigenvalue weighted by Crippen LogP contribution is -2.52. The number of carbonyl (C=O) groups is 2. The molecule has 0 heterocycles. The van der Waals surface area contributed by atoms with Gasteiger partial charge in [0.05, 0.1) is 16.9 Å². The van der Waals surface area contributed by atoms with Gasteiger partial charge in [0, 0.05) is 25.2 Å². The second-order valence-corrected chi connectivity index (χ2v) is 10.2. The van der Waals surface area contributed by atoms with Crippen molar-refractivity contribution in [2.45, 2.75) is 46.7 Å². The van der Waals surface area contributed by atoms with Crippen LogP contribution in [0.15, 0.2) is 42.5 Å². The Balaban J connectivity index is 2.52. The molecule has 0 aromatic heterocycles. The lowest BCUT2D eigenvalue weighted by molar-refractivity contribution is -0.384. The number of hydrogen-bond acceptors (Lipinski definition) is 6. The molecule has 35 heavy (non-hydrogen) atoms. The Morgan fingerprint density at radius 3 is 2.34 bits per heavy atom. The molecular weight excluding hydrogens is 472 g/mol. The molecule has 11 heteroatoms. The zero-order chi connectivity index (χ0) is 26.3. The smallest absolute Gasteiger partial charge is 0.271 e. The summed E-state index contributed by atoms with van der Waals surface area (Å²) < 4.78 is 26.3. The van der Waals surface area contributed by atoms with Gasteiger partial charge in [0.25, 0.3) is 5.69 Å². The number of nitrogens with zero attached hydrogens (tertiary/aromatic N) is 3. The van der Waals surface area contributed by atoms with Crippen LogP contribution in [0.25, 0.3) is 0 Å². The predicted octanol–water partition coefficient (Wildman–Crippen LogP) is 2.92. The van der Waals surface area contributed by atoms with E-state index in [1.54, 1.807) is 20.8 Å². The van der Waals surface area contributed by atoms with Gasteiger partial charge >= 0.3 is 0 Å². The number of aryl methyl sites for hydroxylation is 2. The Hall–Kier alpha value is -3.47. The number of likely N-dealkylation sites (N-methyl/N-ethyl adjacent to an activating group) is 1. The first-order valence-electron chi connectivity index (χ1n) is 11.2. The maximum absolute atomic E-state index is 13.6. The van der Waals surface area contributed by atoms with Crippen LogP contribution in [-0.2, 0) is 26.2 Å². The summed E-state index contributed by atoms with van der Waals surface area (Å²) in [6.07, 6.45) is 1.25. The van der Waals surface area contributed by atoms with E-state index in [2.05, 4.69) is 5.32 Å². The van der Waals surface area contributed by atoms with Crippen LogP contribution in [0.1, 0.15) is 37.0 Å². The average molecular weight is 505 g/mol. The van der Waals surface area contributed by atoms with Crippen LogP contribution in [0.5, 0.6) is 0 Å². The van der Waals surface area contributed by atoms with Crippen molar-refractivity contribution in [1.29, 1.82) is 0 Å². The van der Waals surface area contributed by atoms with Crippen LogP contribution in [0, 0.1) is 24.0 Å². The van der Waals surface area contributed by atoms with Gasteiger partial charge in [-0.15, -0.1) is 0 Å². The highest BCUT2D eigenvalue weighted by atomic mass is 32.2. The number of rotatable bonds is 11. The van der Waals surface area contributed by atoms with Crippen molar-refractivity contribution in [3.8, 4) is 0 Å². The van der Waals surface area contributed by atoms with Crippen molar-refractivity contribution >= 4 is 33.2 Å². The summed E-state index contributed by atoms with van der Waals surface area (Å²) in [5.41, 5.74) is 1.97. The highest BCUT2D eigenvalue weighted by Crippen LogP contribution is 2.28. The predicted molar refractivity (Wildman–Crippen MR) is 135 cm³/mol. The molecule has 0 bridgehead atoms. The van der Waals surface area contributed by atoms with E-state index in [9.17, 15) is 28.1 Å². The van der Waals surface area contributed by atoms with E-state index < -0.39 is 33.4 Å². The largest absolute Gasteiger partial charge is 0.355 e. The first kappa shape index (κ1) is 27.8. The minimum atomic E-state index is -3.99. The number of anilines is 1. The molecule has 1 N–H and O–H groups in total. The molecule has 190 valence electrons. The molecule has 1 atom stereocenters. The van der Waals surface area contributed by atoms with Gasteiger partial charge in [0.15, 0.2) is 0 Å². The minimum Gasteiger partial charge on any atom is -0.355 e. The Morgan fingerprint density at radius 1 is 1.11 bits per heavy atom. The van der Waals surface area contributed by atoms with Gasteiger partial charge in [-0.05, 0) is 38.3 Å². The second kappa shape index (κ2) is 11.8. The van der Waals surface area contributed by atoms with Gasteiger partial charge in [-0.1, -0.05) is 42.8 Å². The van der Waals surface area contributed by atoms with Crippen LogP contribution in [0.3, 0.4) is 0 Å². The van der Waals surface area contributed by atoms with Gasteiger partial charge < -0.3 is 10.2 Å². The Bertz CT molecular complexity index is 1200. The van der Waals surface area contributed by atoms with E-state index in [0.717, 1.165) is 27.8 Å². The molecule has 0 aliphatic heterocycles. The van der Waals surface area contributed by atoms with Crippen molar-refractivity contribution in [3.05, 3.63) is 69.3 Å². The number of sulfonamides is 1. The monoisotopic (exact) mass is 504 g/mol. The molecule has 0 aliphatic carbocycles. The Morgan fingerprint density at radius 2 is 1.80 bits per heavy atom. The summed E-state index contributed by atoms with van der Waals surface area (Å²) in [6.45, 7) is 6.93. The third-order valence-corrected chi connectivity index (χ3v) is 6.65. The van der Waals surface area contributed by atoms with E-state index in [1.807, 2.05) is 31.2 Å². The summed E-state index contributed by atoms with van der Waals surface area (Å²) in [5.74, 6) is -0.936.